The van der Waals surface area contributed by atoms with E-state index in [9.17, 15) is 8.78 Å². The molecule has 0 aliphatic rings. The Kier molecular flexibility index (Phi) is 3.91. The first-order valence-electron chi connectivity index (χ1n) is 3.87. The second-order valence-electron chi connectivity index (χ2n) is 2.64. The number of rotatable bonds is 3. The second-order valence-corrected chi connectivity index (χ2v) is 3.39. The van der Waals surface area contributed by atoms with Crippen LogP contribution in [0.3, 0.4) is 0 Å². The van der Waals surface area contributed by atoms with Crippen molar-refractivity contribution in [2.45, 2.75) is 19.6 Å². The van der Waals surface area contributed by atoms with Gasteiger partial charge in [0.1, 0.15) is 4.60 Å². The van der Waals surface area contributed by atoms with Gasteiger partial charge in [0.05, 0.1) is 17.9 Å². The summed E-state index contributed by atoms with van der Waals surface area (Å²) in [7, 11) is 0. The lowest BCUT2D eigenvalue weighted by Gasteiger charge is -2.09. The second kappa shape index (κ2) is 4.77. The van der Waals surface area contributed by atoms with E-state index in [0.29, 0.717) is 11.3 Å². The van der Waals surface area contributed by atoms with E-state index in [-0.39, 0.29) is 23.3 Å². The molecule has 0 saturated carbocycles. The Morgan fingerprint density at radius 2 is 2.21 bits per heavy atom. The number of nitrogens with two attached hydrogens (primary N) is 1. The van der Waals surface area contributed by atoms with Gasteiger partial charge in [-0.25, -0.2) is 13.8 Å². The summed E-state index contributed by atoms with van der Waals surface area (Å²) < 4.78 is 24.9. The molecule has 3 N–H and O–H groups in total. The van der Waals surface area contributed by atoms with Crippen LogP contribution in [0, 0.1) is 0 Å². The van der Waals surface area contributed by atoms with Gasteiger partial charge in [-0.05, 0) is 22.0 Å². The average Bonchev–Trinajstić information content (AvgIpc) is 2.16. The van der Waals surface area contributed by atoms with E-state index in [1.54, 1.807) is 0 Å². The van der Waals surface area contributed by atoms with Crippen molar-refractivity contribution in [2.75, 3.05) is 0 Å². The predicted molar refractivity (Wildman–Crippen MR) is 50.7 cm³/mol. The van der Waals surface area contributed by atoms with E-state index in [4.69, 9.17) is 10.8 Å². The summed E-state index contributed by atoms with van der Waals surface area (Å²) >= 11 is 2.92. The number of halogens is 3. The molecule has 14 heavy (non-hydrogen) atoms. The van der Waals surface area contributed by atoms with Gasteiger partial charge in [-0.3, -0.25) is 0 Å². The molecule has 0 aliphatic heterocycles. The first kappa shape index (κ1) is 11.5. The average molecular weight is 267 g/mol. The van der Waals surface area contributed by atoms with Crippen molar-refractivity contribution in [1.29, 1.82) is 0 Å². The number of nitrogens with zero attached hydrogens (tertiary/aromatic N) is 1. The fourth-order valence-electron chi connectivity index (χ4n) is 1.05. The predicted octanol–water partition coefficient (Wildman–Crippen LogP) is 1.73. The SMILES string of the molecule is NCc1nc(Br)c(C(F)F)cc1CO. The maximum Gasteiger partial charge on any atom is 0.266 e. The summed E-state index contributed by atoms with van der Waals surface area (Å²) in [5, 5.41) is 8.89. The molecule has 1 aromatic heterocycles. The Balaban J connectivity index is 3.23. The third-order valence-electron chi connectivity index (χ3n) is 1.77. The zero-order valence-electron chi connectivity index (χ0n) is 7.17. The van der Waals surface area contributed by atoms with Crippen LogP contribution in [-0.4, -0.2) is 10.1 Å². The molecule has 0 radical (unpaired) electrons. The van der Waals surface area contributed by atoms with Crippen LogP contribution < -0.4 is 5.73 Å². The number of aliphatic hydroxyl groups is 1. The van der Waals surface area contributed by atoms with Crippen LogP contribution in [0.4, 0.5) is 8.78 Å². The minimum atomic E-state index is -2.62. The van der Waals surface area contributed by atoms with Gasteiger partial charge in [-0.15, -0.1) is 0 Å². The van der Waals surface area contributed by atoms with Crippen LogP contribution >= 0.6 is 15.9 Å². The third-order valence-corrected chi connectivity index (χ3v) is 2.41. The minimum absolute atomic E-state index is 0.0742. The summed E-state index contributed by atoms with van der Waals surface area (Å²) in [6.07, 6.45) is -2.62. The van der Waals surface area contributed by atoms with Gasteiger partial charge in [-0.2, -0.15) is 0 Å². The van der Waals surface area contributed by atoms with Crippen LogP contribution in [0.1, 0.15) is 23.2 Å². The summed E-state index contributed by atoms with van der Waals surface area (Å²) in [5.74, 6) is 0. The normalized spacial score (nSPS) is 11.0. The highest BCUT2D eigenvalue weighted by Crippen LogP contribution is 2.27. The summed E-state index contributed by atoms with van der Waals surface area (Å²) in [6, 6.07) is 1.21. The number of hydrogen-bond acceptors (Lipinski definition) is 3. The molecule has 0 saturated heterocycles. The molecular weight excluding hydrogens is 258 g/mol. The molecule has 6 heteroatoms. The molecule has 3 nitrogen and oxygen atoms in total. The van der Waals surface area contributed by atoms with Gasteiger partial charge in [0, 0.05) is 12.1 Å². The molecular formula is C8H9BrF2N2O. The molecule has 0 aliphatic carbocycles. The molecule has 0 fully saturated rings. The van der Waals surface area contributed by atoms with E-state index in [0.717, 1.165) is 0 Å². The molecule has 1 rings (SSSR count). The molecule has 1 heterocycles. The Bertz CT molecular complexity index is 333. The first-order chi connectivity index (χ1) is 6.60. The smallest absolute Gasteiger partial charge is 0.266 e. The van der Waals surface area contributed by atoms with Crippen molar-refractivity contribution in [3.63, 3.8) is 0 Å². The Labute approximate surface area is 88.1 Å². The monoisotopic (exact) mass is 266 g/mol. The van der Waals surface area contributed by atoms with Gasteiger partial charge < -0.3 is 10.8 Å². The molecule has 0 aromatic carbocycles. The fraction of sp³-hybridized carbons (Fsp3) is 0.375. The molecule has 1 aromatic rings. The van der Waals surface area contributed by atoms with E-state index >= 15 is 0 Å². The Morgan fingerprint density at radius 3 is 2.64 bits per heavy atom. The van der Waals surface area contributed by atoms with E-state index in [2.05, 4.69) is 20.9 Å². The van der Waals surface area contributed by atoms with Crippen LogP contribution in [0.15, 0.2) is 10.7 Å². The number of aliphatic hydroxyl groups excluding tert-OH is 1. The van der Waals surface area contributed by atoms with Crippen molar-refractivity contribution in [3.8, 4) is 0 Å². The summed E-state index contributed by atoms with van der Waals surface area (Å²) in [4.78, 5) is 3.84. The van der Waals surface area contributed by atoms with Crippen LogP contribution in [0.25, 0.3) is 0 Å². The fourth-order valence-corrected chi connectivity index (χ4v) is 1.55. The van der Waals surface area contributed by atoms with Gasteiger partial charge in [-0.1, -0.05) is 0 Å². The quantitative estimate of drug-likeness (QED) is 0.820. The van der Waals surface area contributed by atoms with Crippen LogP contribution in [0.5, 0.6) is 0 Å². The molecule has 0 unspecified atom stereocenters. The molecule has 0 spiro atoms. The summed E-state index contributed by atoms with van der Waals surface area (Å²) in [6.45, 7) is -0.232. The van der Waals surface area contributed by atoms with E-state index in [1.165, 1.54) is 6.07 Å². The molecule has 0 amide bonds. The van der Waals surface area contributed by atoms with Crippen molar-refractivity contribution >= 4 is 15.9 Å². The van der Waals surface area contributed by atoms with E-state index < -0.39 is 6.43 Å². The van der Waals surface area contributed by atoms with Gasteiger partial charge >= 0.3 is 0 Å². The number of alkyl halides is 2. The van der Waals surface area contributed by atoms with Gasteiger partial charge in [0.25, 0.3) is 6.43 Å². The largest absolute Gasteiger partial charge is 0.392 e. The minimum Gasteiger partial charge on any atom is -0.392 e. The zero-order chi connectivity index (χ0) is 10.7. The maximum absolute atomic E-state index is 12.4. The van der Waals surface area contributed by atoms with Gasteiger partial charge in [0.15, 0.2) is 0 Å². The number of hydrogen-bond donors (Lipinski definition) is 2. The lowest BCUT2D eigenvalue weighted by Crippen LogP contribution is -2.07. The highest BCUT2D eigenvalue weighted by molar-refractivity contribution is 9.10. The van der Waals surface area contributed by atoms with Crippen molar-refractivity contribution < 1.29 is 13.9 Å². The van der Waals surface area contributed by atoms with Crippen molar-refractivity contribution in [3.05, 3.63) is 27.5 Å². The summed E-state index contributed by atoms with van der Waals surface area (Å²) in [5.41, 5.74) is 5.87. The van der Waals surface area contributed by atoms with Crippen molar-refractivity contribution in [1.82, 2.24) is 4.98 Å². The van der Waals surface area contributed by atoms with Crippen LogP contribution in [-0.2, 0) is 13.2 Å². The van der Waals surface area contributed by atoms with Crippen LogP contribution in [0.2, 0.25) is 0 Å². The lowest BCUT2D eigenvalue weighted by atomic mass is 10.1. The molecule has 0 atom stereocenters. The number of aromatic nitrogens is 1. The number of pyridine rings is 1. The Morgan fingerprint density at radius 1 is 1.57 bits per heavy atom. The Hall–Kier alpha value is -0.590. The highest BCUT2D eigenvalue weighted by atomic mass is 79.9. The first-order valence-corrected chi connectivity index (χ1v) is 4.66. The zero-order valence-corrected chi connectivity index (χ0v) is 8.76. The van der Waals surface area contributed by atoms with Gasteiger partial charge in [0.2, 0.25) is 0 Å². The molecule has 0 bridgehead atoms. The highest BCUT2D eigenvalue weighted by Gasteiger charge is 2.15. The van der Waals surface area contributed by atoms with Crippen molar-refractivity contribution in [2.24, 2.45) is 5.73 Å². The standard InChI is InChI=1S/C8H9BrF2N2O/c9-7-5(8(10)11)1-4(3-14)6(2-12)13-7/h1,8,14H,2-3,12H2. The maximum atomic E-state index is 12.4. The lowest BCUT2D eigenvalue weighted by molar-refractivity contribution is 0.149. The topological polar surface area (TPSA) is 59.1 Å². The van der Waals surface area contributed by atoms with E-state index in [1.807, 2.05) is 0 Å². The molecule has 78 valence electrons. The third kappa shape index (κ3) is 2.26.